The van der Waals surface area contributed by atoms with Gasteiger partial charge in [-0.05, 0) is 19.4 Å². The van der Waals surface area contributed by atoms with Gasteiger partial charge >= 0.3 is 0 Å². The number of hydrogen-bond donors (Lipinski definition) is 2. The Morgan fingerprint density at radius 3 is 3.00 bits per heavy atom. The lowest BCUT2D eigenvalue weighted by molar-refractivity contribution is -0.127. The van der Waals surface area contributed by atoms with E-state index in [9.17, 15) is 4.79 Å². The molecule has 0 atom stereocenters. The molecule has 12 heavy (non-hydrogen) atoms. The summed E-state index contributed by atoms with van der Waals surface area (Å²) in [6, 6.07) is 0. The van der Waals surface area contributed by atoms with Gasteiger partial charge in [0.15, 0.2) is 0 Å². The SMILES string of the molecule is O=C1CCCN1CCCNCS. The number of rotatable bonds is 5. The highest BCUT2D eigenvalue weighted by Crippen LogP contribution is 2.09. The van der Waals surface area contributed by atoms with Crippen LogP contribution in [-0.2, 0) is 4.79 Å². The van der Waals surface area contributed by atoms with Crippen LogP contribution in [-0.4, -0.2) is 36.3 Å². The van der Waals surface area contributed by atoms with Crippen molar-refractivity contribution >= 4 is 18.5 Å². The van der Waals surface area contributed by atoms with E-state index >= 15 is 0 Å². The van der Waals surface area contributed by atoms with Crippen LogP contribution >= 0.6 is 12.6 Å². The zero-order chi connectivity index (χ0) is 8.81. The maximum Gasteiger partial charge on any atom is 0.222 e. The first kappa shape index (κ1) is 9.86. The zero-order valence-electron chi connectivity index (χ0n) is 7.25. The van der Waals surface area contributed by atoms with Crippen LogP contribution < -0.4 is 5.32 Å². The Balaban J connectivity index is 2.02. The van der Waals surface area contributed by atoms with Gasteiger partial charge in [-0.3, -0.25) is 4.79 Å². The second kappa shape index (κ2) is 5.43. The molecule has 0 aromatic heterocycles. The summed E-state index contributed by atoms with van der Waals surface area (Å²) in [5, 5.41) is 3.11. The lowest BCUT2D eigenvalue weighted by Crippen LogP contribution is -2.28. The number of amides is 1. The number of nitrogens with zero attached hydrogens (tertiary/aromatic N) is 1. The Labute approximate surface area is 78.9 Å². The molecule has 1 aliphatic heterocycles. The van der Waals surface area contributed by atoms with Crippen LogP contribution in [0.4, 0.5) is 0 Å². The van der Waals surface area contributed by atoms with E-state index in [0.717, 1.165) is 38.9 Å². The van der Waals surface area contributed by atoms with Crippen molar-refractivity contribution in [3.05, 3.63) is 0 Å². The average Bonchev–Trinajstić information content (AvgIpc) is 2.46. The van der Waals surface area contributed by atoms with Crippen molar-refractivity contribution in [1.29, 1.82) is 0 Å². The molecule has 0 aliphatic carbocycles. The molecule has 0 aromatic carbocycles. The Hall–Kier alpha value is -0.220. The number of nitrogens with one attached hydrogen (secondary N) is 1. The first-order chi connectivity index (χ1) is 5.84. The van der Waals surface area contributed by atoms with Crippen LogP contribution in [0, 0.1) is 0 Å². The molecule has 1 saturated heterocycles. The molecule has 0 unspecified atom stereocenters. The minimum Gasteiger partial charge on any atom is -0.343 e. The second-order valence-electron chi connectivity index (χ2n) is 3.00. The summed E-state index contributed by atoms with van der Waals surface area (Å²) >= 11 is 4.03. The van der Waals surface area contributed by atoms with Crippen molar-refractivity contribution in [2.24, 2.45) is 0 Å². The Kier molecular flexibility index (Phi) is 4.46. The molecule has 4 heteroatoms. The monoisotopic (exact) mass is 188 g/mol. The van der Waals surface area contributed by atoms with E-state index in [1.165, 1.54) is 0 Å². The van der Waals surface area contributed by atoms with Gasteiger partial charge in [0, 0.05) is 25.4 Å². The standard InChI is InChI=1S/C8H16N2OS/c11-8-3-1-5-10(8)6-2-4-9-7-12/h9,12H,1-7H2. The van der Waals surface area contributed by atoms with Crippen molar-refractivity contribution in [3.8, 4) is 0 Å². The molecule has 0 aromatic rings. The topological polar surface area (TPSA) is 32.3 Å². The quantitative estimate of drug-likeness (QED) is 0.373. The van der Waals surface area contributed by atoms with Crippen molar-refractivity contribution < 1.29 is 4.79 Å². The van der Waals surface area contributed by atoms with Gasteiger partial charge in [-0.15, -0.1) is 0 Å². The highest BCUT2D eigenvalue weighted by Gasteiger charge is 2.18. The Morgan fingerprint density at radius 1 is 1.58 bits per heavy atom. The summed E-state index contributed by atoms with van der Waals surface area (Å²) in [5.74, 6) is 1.04. The van der Waals surface area contributed by atoms with E-state index in [1.54, 1.807) is 0 Å². The number of thiol groups is 1. The summed E-state index contributed by atoms with van der Waals surface area (Å²) in [5.41, 5.74) is 0. The van der Waals surface area contributed by atoms with Crippen molar-refractivity contribution in [2.75, 3.05) is 25.5 Å². The smallest absolute Gasteiger partial charge is 0.222 e. The molecular formula is C8H16N2OS. The van der Waals surface area contributed by atoms with Gasteiger partial charge in [0.2, 0.25) is 5.91 Å². The van der Waals surface area contributed by atoms with Gasteiger partial charge in [0.1, 0.15) is 0 Å². The second-order valence-corrected chi connectivity index (χ2v) is 3.31. The van der Waals surface area contributed by atoms with Gasteiger partial charge in [0.05, 0.1) is 0 Å². The lowest BCUT2D eigenvalue weighted by atomic mass is 10.4. The molecule has 3 nitrogen and oxygen atoms in total. The van der Waals surface area contributed by atoms with Gasteiger partial charge in [-0.1, -0.05) is 0 Å². The maximum atomic E-state index is 11.1. The van der Waals surface area contributed by atoms with Crippen molar-refractivity contribution in [1.82, 2.24) is 10.2 Å². The summed E-state index contributed by atoms with van der Waals surface area (Å²) < 4.78 is 0. The summed E-state index contributed by atoms with van der Waals surface area (Å²) in [7, 11) is 0. The first-order valence-electron chi connectivity index (χ1n) is 4.44. The van der Waals surface area contributed by atoms with E-state index in [4.69, 9.17) is 0 Å². The number of carbonyl (C=O) groups is 1. The average molecular weight is 188 g/mol. The van der Waals surface area contributed by atoms with E-state index in [0.29, 0.717) is 11.8 Å². The lowest BCUT2D eigenvalue weighted by Gasteiger charge is -2.14. The largest absolute Gasteiger partial charge is 0.343 e. The molecule has 70 valence electrons. The third-order valence-corrected chi connectivity index (χ3v) is 2.29. The molecule has 0 radical (unpaired) electrons. The number of likely N-dealkylation sites (tertiary alicyclic amines) is 1. The third kappa shape index (κ3) is 3.03. The van der Waals surface area contributed by atoms with Gasteiger partial charge < -0.3 is 10.2 Å². The summed E-state index contributed by atoms with van der Waals surface area (Å²) in [4.78, 5) is 13.1. The molecule has 0 bridgehead atoms. The van der Waals surface area contributed by atoms with E-state index < -0.39 is 0 Å². The fraction of sp³-hybridized carbons (Fsp3) is 0.875. The molecule has 1 fully saturated rings. The van der Waals surface area contributed by atoms with Gasteiger partial charge in [-0.2, -0.15) is 12.6 Å². The molecule has 1 rings (SSSR count). The van der Waals surface area contributed by atoms with Crippen LogP contribution in [0.3, 0.4) is 0 Å². The minimum atomic E-state index is 0.320. The molecule has 1 amide bonds. The maximum absolute atomic E-state index is 11.1. The fourth-order valence-electron chi connectivity index (χ4n) is 1.41. The molecule has 0 saturated carbocycles. The predicted octanol–water partition coefficient (Wildman–Crippen LogP) is 0.476. The first-order valence-corrected chi connectivity index (χ1v) is 5.07. The summed E-state index contributed by atoms with van der Waals surface area (Å²) in [6.07, 6.45) is 2.82. The molecule has 1 heterocycles. The number of hydrogen-bond acceptors (Lipinski definition) is 3. The Bertz CT molecular complexity index is 152. The highest BCUT2D eigenvalue weighted by atomic mass is 32.1. The van der Waals surface area contributed by atoms with Crippen LogP contribution in [0.1, 0.15) is 19.3 Å². The van der Waals surface area contributed by atoms with Crippen LogP contribution in [0.15, 0.2) is 0 Å². The minimum absolute atomic E-state index is 0.320. The highest BCUT2D eigenvalue weighted by molar-refractivity contribution is 7.80. The van der Waals surface area contributed by atoms with Crippen molar-refractivity contribution in [2.45, 2.75) is 19.3 Å². The van der Waals surface area contributed by atoms with E-state index in [2.05, 4.69) is 17.9 Å². The van der Waals surface area contributed by atoms with Crippen molar-refractivity contribution in [3.63, 3.8) is 0 Å². The summed E-state index contributed by atoms with van der Waals surface area (Å²) in [6.45, 7) is 2.81. The normalized spacial score (nSPS) is 17.4. The van der Waals surface area contributed by atoms with Gasteiger partial charge in [0.25, 0.3) is 0 Å². The van der Waals surface area contributed by atoms with Crippen LogP contribution in [0.25, 0.3) is 0 Å². The van der Waals surface area contributed by atoms with Crippen LogP contribution in [0.2, 0.25) is 0 Å². The van der Waals surface area contributed by atoms with E-state index in [-0.39, 0.29) is 0 Å². The molecule has 1 N–H and O–H groups in total. The Morgan fingerprint density at radius 2 is 2.42 bits per heavy atom. The predicted molar refractivity (Wildman–Crippen MR) is 52.3 cm³/mol. The molecule has 1 aliphatic rings. The molecule has 0 spiro atoms. The van der Waals surface area contributed by atoms with Crippen LogP contribution in [0.5, 0.6) is 0 Å². The van der Waals surface area contributed by atoms with E-state index in [1.807, 2.05) is 4.90 Å². The molecular weight excluding hydrogens is 172 g/mol. The van der Waals surface area contributed by atoms with Gasteiger partial charge in [-0.25, -0.2) is 0 Å². The zero-order valence-corrected chi connectivity index (χ0v) is 8.15. The third-order valence-electron chi connectivity index (χ3n) is 2.06. The fourth-order valence-corrected chi connectivity index (χ4v) is 1.57. The number of carbonyl (C=O) groups excluding carboxylic acids is 1.